The van der Waals surface area contributed by atoms with E-state index in [9.17, 15) is 4.79 Å². The molecule has 0 spiro atoms. The van der Waals surface area contributed by atoms with E-state index >= 15 is 0 Å². The van der Waals surface area contributed by atoms with Gasteiger partial charge in [-0.25, -0.2) is 4.79 Å². The van der Waals surface area contributed by atoms with E-state index in [1.807, 2.05) is 13.0 Å². The van der Waals surface area contributed by atoms with Crippen molar-refractivity contribution in [3.05, 3.63) is 29.3 Å². The predicted molar refractivity (Wildman–Crippen MR) is 82.1 cm³/mol. The molecule has 1 rings (SSSR count). The van der Waals surface area contributed by atoms with E-state index in [0.717, 1.165) is 16.9 Å². The number of hydrogen-bond donors (Lipinski definition) is 3. The Balaban J connectivity index is 2.94. The molecule has 0 fully saturated rings. The van der Waals surface area contributed by atoms with Crippen molar-refractivity contribution in [3.8, 4) is 5.75 Å². The molecular formula is C16H26NO5+. The van der Waals surface area contributed by atoms with Crippen LogP contribution in [0.4, 0.5) is 0 Å². The third-order valence-electron chi connectivity index (χ3n) is 3.30. The average Bonchev–Trinajstić information content (AvgIpc) is 2.53. The third-order valence-corrected chi connectivity index (χ3v) is 3.30. The third kappa shape index (κ3) is 5.63. The van der Waals surface area contributed by atoms with Crippen LogP contribution in [0, 0.1) is 0 Å². The van der Waals surface area contributed by atoms with E-state index in [2.05, 4.69) is 0 Å². The van der Waals surface area contributed by atoms with Crippen LogP contribution in [0.25, 0.3) is 0 Å². The molecule has 1 aromatic rings. The number of benzene rings is 1. The lowest BCUT2D eigenvalue weighted by Gasteiger charge is -2.18. The zero-order chi connectivity index (χ0) is 16.4. The van der Waals surface area contributed by atoms with E-state index in [0.29, 0.717) is 37.6 Å². The Hall–Kier alpha value is -1.63. The van der Waals surface area contributed by atoms with Gasteiger partial charge in [0.05, 0.1) is 26.9 Å². The van der Waals surface area contributed by atoms with Gasteiger partial charge in [0, 0.05) is 5.56 Å². The molecule has 1 aromatic carbocycles. The van der Waals surface area contributed by atoms with Crippen LogP contribution in [0.2, 0.25) is 0 Å². The molecule has 124 valence electrons. The molecule has 0 radical (unpaired) electrons. The minimum absolute atomic E-state index is 0.0525. The van der Waals surface area contributed by atoms with E-state index in [1.54, 1.807) is 12.1 Å². The van der Waals surface area contributed by atoms with Crippen LogP contribution in [0.5, 0.6) is 5.75 Å². The molecule has 0 bridgehead atoms. The number of ether oxygens (including phenoxy) is 2. The Kier molecular flexibility index (Phi) is 8.50. The summed E-state index contributed by atoms with van der Waals surface area (Å²) in [6, 6.07) is 5.42. The number of rotatable bonds is 10. The van der Waals surface area contributed by atoms with Gasteiger partial charge in [-0.3, -0.25) is 0 Å². The van der Waals surface area contributed by atoms with Crippen molar-refractivity contribution < 1.29 is 29.4 Å². The maximum absolute atomic E-state index is 11.9. The molecule has 0 aliphatic rings. The van der Waals surface area contributed by atoms with E-state index < -0.39 is 5.97 Å². The zero-order valence-electron chi connectivity index (χ0n) is 13.3. The molecule has 0 atom stereocenters. The topological polar surface area (TPSA) is 80.4 Å². The summed E-state index contributed by atoms with van der Waals surface area (Å²) in [7, 11) is 1.34. The van der Waals surface area contributed by atoms with Crippen LogP contribution in [-0.2, 0) is 11.3 Å². The van der Waals surface area contributed by atoms with Crippen molar-refractivity contribution in [3.63, 3.8) is 0 Å². The van der Waals surface area contributed by atoms with Crippen molar-refractivity contribution >= 4 is 5.97 Å². The summed E-state index contributed by atoms with van der Waals surface area (Å²) in [5, 5.41) is 18.1. The standard InChI is InChI=1S/C16H25NO5/c1-3-10-22-15-5-4-13(11-14(15)16(20)21-2)12-17(6-8-18)7-9-19/h4-5,11,18-19H,3,6-10,12H2,1-2H3/p+1. The Morgan fingerprint density at radius 2 is 1.91 bits per heavy atom. The average molecular weight is 312 g/mol. The first kappa shape index (κ1) is 18.4. The molecule has 0 saturated carbocycles. The van der Waals surface area contributed by atoms with Gasteiger partial charge in [-0.05, 0) is 24.6 Å². The largest absolute Gasteiger partial charge is 0.493 e. The van der Waals surface area contributed by atoms with Gasteiger partial charge in [0.15, 0.2) is 0 Å². The van der Waals surface area contributed by atoms with Crippen molar-refractivity contribution in [1.29, 1.82) is 0 Å². The van der Waals surface area contributed by atoms with E-state index in [1.165, 1.54) is 7.11 Å². The van der Waals surface area contributed by atoms with Crippen molar-refractivity contribution in [2.24, 2.45) is 0 Å². The van der Waals surface area contributed by atoms with Gasteiger partial charge in [-0.15, -0.1) is 0 Å². The Bertz CT molecular complexity index is 458. The summed E-state index contributed by atoms with van der Waals surface area (Å²) in [5.74, 6) is 0.0853. The molecule has 0 unspecified atom stereocenters. The molecule has 0 aliphatic heterocycles. The highest BCUT2D eigenvalue weighted by Gasteiger charge is 2.16. The Labute approximate surface area is 131 Å². The second-order valence-corrected chi connectivity index (χ2v) is 5.04. The zero-order valence-corrected chi connectivity index (χ0v) is 13.3. The van der Waals surface area contributed by atoms with Gasteiger partial charge < -0.3 is 24.6 Å². The lowest BCUT2D eigenvalue weighted by Crippen LogP contribution is -3.11. The normalized spacial score (nSPS) is 10.8. The number of carbonyl (C=O) groups excluding carboxylic acids is 1. The number of carbonyl (C=O) groups is 1. The molecule has 6 heteroatoms. The van der Waals surface area contributed by atoms with Gasteiger partial charge in [0.25, 0.3) is 0 Å². The second kappa shape index (κ2) is 10.2. The number of aliphatic hydroxyl groups excluding tert-OH is 2. The fourth-order valence-corrected chi connectivity index (χ4v) is 2.20. The minimum atomic E-state index is -0.432. The smallest absolute Gasteiger partial charge is 0.341 e. The SMILES string of the molecule is CCCOc1ccc(C[NH+](CCO)CCO)cc1C(=O)OC. The highest BCUT2D eigenvalue weighted by Crippen LogP contribution is 2.21. The molecule has 22 heavy (non-hydrogen) atoms. The molecule has 6 nitrogen and oxygen atoms in total. The fraction of sp³-hybridized carbons (Fsp3) is 0.562. The molecule has 0 heterocycles. The minimum Gasteiger partial charge on any atom is -0.493 e. The fourth-order valence-electron chi connectivity index (χ4n) is 2.20. The maximum Gasteiger partial charge on any atom is 0.341 e. The summed E-state index contributed by atoms with van der Waals surface area (Å²) in [5.41, 5.74) is 1.34. The summed E-state index contributed by atoms with van der Waals surface area (Å²) in [6.07, 6.45) is 0.854. The maximum atomic E-state index is 11.9. The van der Waals surface area contributed by atoms with Gasteiger partial charge in [0.2, 0.25) is 0 Å². The number of hydrogen-bond acceptors (Lipinski definition) is 5. The van der Waals surface area contributed by atoms with Crippen LogP contribution in [0.3, 0.4) is 0 Å². The number of quaternary nitrogens is 1. The first-order valence-corrected chi connectivity index (χ1v) is 7.55. The quantitative estimate of drug-likeness (QED) is 0.514. The first-order chi connectivity index (χ1) is 10.7. The van der Waals surface area contributed by atoms with Gasteiger partial charge in [-0.1, -0.05) is 6.92 Å². The van der Waals surface area contributed by atoms with Crippen LogP contribution in [-0.4, -0.2) is 56.2 Å². The highest BCUT2D eigenvalue weighted by atomic mass is 16.5. The molecule has 0 saturated heterocycles. The van der Waals surface area contributed by atoms with Crippen LogP contribution in [0.1, 0.15) is 29.3 Å². The molecule has 0 aliphatic carbocycles. The van der Waals surface area contributed by atoms with E-state index in [4.69, 9.17) is 19.7 Å². The Morgan fingerprint density at radius 1 is 1.23 bits per heavy atom. The summed E-state index contributed by atoms with van der Waals surface area (Å²) >= 11 is 0. The lowest BCUT2D eigenvalue weighted by molar-refractivity contribution is -0.914. The van der Waals surface area contributed by atoms with Crippen LogP contribution < -0.4 is 9.64 Å². The molecule has 3 N–H and O–H groups in total. The first-order valence-electron chi connectivity index (χ1n) is 7.55. The van der Waals surface area contributed by atoms with Crippen molar-refractivity contribution in [2.45, 2.75) is 19.9 Å². The van der Waals surface area contributed by atoms with E-state index in [-0.39, 0.29) is 13.2 Å². The molecule has 0 amide bonds. The van der Waals surface area contributed by atoms with Gasteiger partial charge in [-0.2, -0.15) is 0 Å². The predicted octanol–water partition coefficient (Wildman–Crippen LogP) is -0.368. The highest BCUT2D eigenvalue weighted by molar-refractivity contribution is 5.92. The van der Waals surface area contributed by atoms with Gasteiger partial charge in [0.1, 0.15) is 30.9 Å². The van der Waals surface area contributed by atoms with Gasteiger partial charge >= 0.3 is 5.97 Å². The number of methoxy groups -OCH3 is 1. The summed E-state index contributed by atoms with van der Waals surface area (Å²) in [6.45, 7) is 4.34. The van der Waals surface area contributed by atoms with Crippen molar-refractivity contribution in [1.82, 2.24) is 0 Å². The molecule has 0 aromatic heterocycles. The molecular weight excluding hydrogens is 286 g/mol. The summed E-state index contributed by atoms with van der Waals surface area (Å²) in [4.78, 5) is 12.9. The van der Waals surface area contributed by atoms with Crippen LogP contribution in [0.15, 0.2) is 18.2 Å². The van der Waals surface area contributed by atoms with Crippen molar-refractivity contribution in [2.75, 3.05) is 40.0 Å². The number of aliphatic hydroxyl groups is 2. The monoisotopic (exact) mass is 312 g/mol. The summed E-state index contributed by atoms with van der Waals surface area (Å²) < 4.78 is 10.4. The second-order valence-electron chi connectivity index (χ2n) is 5.04. The lowest BCUT2D eigenvalue weighted by atomic mass is 10.1. The number of esters is 1. The van der Waals surface area contributed by atoms with Crippen LogP contribution >= 0.6 is 0 Å². The Morgan fingerprint density at radius 3 is 2.45 bits per heavy atom. The number of nitrogens with one attached hydrogen (secondary N) is 1.